The lowest BCUT2D eigenvalue weighted by atomic mass is 10.4. The molecule has 0 saturated carbocycles. The van der Waals surface area contributed by atoms with Crippen molar-refractivity contribution in [1.29, 1.82) is 0 Å². The first-order valence-corrected chi connectivity index (χ1v) is 3.76. The maximum absolute atomic E-state index is 8.50. The lowest BCUT2D eigenvalue weighted by Gasteiger charge is -2.03. The van der Waals surface area contributed by atoms with Crippen LogP contribution in [0.15, 0.2) is 12.3 Å². The SMILES string of the molecule is Nc1nccc(NCCCO)n1. The van der Waals surface area contributed by atoms with Gasteiger partial charge in [-0.2, -0.15) is 4.98 Å². The van der Waals surface area contributed by atoms with Crippen LogP contribution in [0.3, 0.4) is 0 Å². The highest BCUT2D eigenvalue weighted by atomic mass is 16.3. The van der Waals surface area contributed by atoms with E-state index in [1.807, 2.05) is 0 Å². The molecular formula is C7H12N4O. The maximum atomic E-state index is 8.50. The number of hydrogen-bond acceptors (Lipinski definition) is 5. The third-order valence-corrected chi connectivity index (χ3v) is 1.32. The molecule has 0 aliphatic heterocycles. The molecule has 0 saturated heterocycles. The standard InChI is InChI=1S/C7H12N4O/c8-7-10-4-2-6(11-7)9-3-1-5-12/h2,4,12H,1,3,5H2,(H3,8,9,10,11). The summed E-state index contributed by atoms with van der Waals surface area (Å²) in [6.45, 7) is 0.862. The lowest BCUT2D eigenvalue weighted by molar-refractivity contribution is 0.292. The van der Waals surface area contributed by atoms with Crippen LogP contribution in [-0.2, 0) is 0 Å². The van der Waals surface area contributed by atoms with Gasteiger partial charge >= 0.3 is 0 Å². The summed E-state index contributed by atoms with van der Waals surface area (Å²) in [7, 11) is 0. The molecule has 1 aromatic heterocycles. The molecule has 0 aromatic carbocycles. The van der Waals surface area contributed by atoms with Crippen LogP contribution >= 0.6 is 0 Å². The lowest BCUT2D eigenvalue weighted by Crippen LogP contribution is -2.06. The van der Waals surface area contributed by atoms with Gasteiger partial charge in [-0.1, -0.05) is 0 Å². The van der Waals surface area contributed by atoms with E-state index >= 15 is 0 Å². The number of aromatic nitrogens is 2. The third-order valence-electron chi connectivity index (χ3n) is 1.32. The Morgan fingerprint density at radius 2 is 2.42 bits per heavy atom. The van der Waals surface area contributed by atoms with Gasteiger partial charge in [-0.05, 0) is 12.5 Å². The number of nitrogen functional groups attached to an aromatic ring is 1. The topological polar surface area (TPSA) is 84.1 Å². The highest BCUT2D eigenvalue weighted by Crippen LogP contribution is 2.01. The van der Waals surface area contributed by atoms with Crippen molar-refractivity contribution in [2.24, 2.45) is 0 Å². The second-order valence-corrected chi connectivity index (χ2v) is 2.30. The zero-order valence-electron chi connectivity index (χ0n) is 6.70. The van der Waals surface area contributed by atoms with E-state index in [0.717, 1.165) is 0 Å². The van der Waals surface area contributed by atoms with E-state index in [0.29, 0.717) is 18.8 Å². The molecule has 5 nitrogen and oxygen atoms in total. The number of nitrogens with one attached hydrogen (secondary N) is 1. The average Bonchev–Trinajstić information content (AvgIpc) is 2.05. The molecule has 1 rings (SSSR count). The fraction of sp³-hybridized carbons (Fsp3) is 0.429. The second kappa shape index (κ2) is 4.50. The zero-order valence-corrected chi connectivity index (χ0v) is 6.70. The number of hydrogen-bond donors (Lipinski definition) is 3. The minimum atomic E-state index is 0.174. The maximum Gasteiger partial charge on any atom is 0.221 e. The molecule has 1 heterocycles. The van der Waals surface area contributed by atoms with Gasteiger partial charge in [0.15, 0.2) is 0 Å². The molecule has 0 aliphatic carbocycles. The zero-order chi connectivity index (χ0) is 8.81. The van der Waals surface area contributed by atoms with Crippen LogP contribution in [0.4, 0.5) is 11.8 Å². The van der Waals surface area contributed by atoms with Crippen molar-refractivity contribution in [3.8, 4) is 0 Å². The first-order valence-electron chi connectivity index (χ1n) is 3.76. The smallest absolute Gasteiger partial charge is 0.221 e. The Morgan fingerprint density at radius 3 is 3.08 bits per heavy atom. The van der Waals surface area contributed by atoms with Crippen LogP contribution < -0.4 is 11.1 Å². The summed E-state index contributed by atoms with van der Waals surface area (Å²) >= 11 is 0. The summed E-state index contributed by atoms with van der Waals surface area (Å²) in [5.41, 5.74) is 5.35. The van der Waals surface area contributed by atoms with Gasteiger partial charge in [0.25, 0.3) is 0 Å². The monoisotopic (exact) mass is 168 g/mol. The Hall–Kier alpha value is -1.36. The first-order chi connectivity index (χ1) is 5.83. The molecule has 0 amide bonds. The number of nitrogens with two attached hydrogens (primary N) is 1. The van der Waals surface area contributed by atoms with Gasteiger partial charge in [-0.25, -0.2) is 4.98 Å². The van der Waals surface area contributed by atoms with Crippen molar-refractivity contribution < 1.29 is 5.11 Å². The third kappa shape index (κ3) is 2.71. The Bertz CT molecular complexity index is 241. The Morgan fingerprint density at radius 1 is 1.58 bits per heavy atom. The second-order valence-electron chi connectivity index (χ2n) is 2.30. The highest BCUT2D eigenvalue weighted by Gasteiger charge is 1.92. The molecule has 5 heteroatoms. The van der Waals surface area contributed by atoms with Crippen molar-refractivity contribution in [3.05, 3.63) is 12.3 Å². The fourth-order valence-corrected chi connectivity index (χ4v) is 0.768. The molecule has 0 spiro atoms. The van der Waals surface area contributed by atoms with Crippen LogP contribution in [0, 0.1) is 0 Å². The Kier molecular flexibility index (Phi) is 3.28. The van der Waals surface area contributed by atoms with Crippen LogP contribution in [0.2, 0.25) is 0 Å². The number of nitrogens with zero attached hydrogens (tertiary/aromatic N) is 2. The van der Waals surface area contributed by atoms with E-state index in [2.05, 4.69) is 15.3 Å². The molecule has 0 radical (unpaired) electrons. The van der Waals surface area contributed by atoms with Crippen LogP contribution in [0.1, 0.15) is 6.42 Å². The number of rotatable bonds is 4. The average molecular weight is 168 g/mol. The van der Waals surface area contributed by atoms with Crippen LogP contribution in [-0.4, -0.2) is 28.2 Å². The molecule has 66 valence electrons. The molecule has 0 unspecified atom stereocenters. The van der Waals surface area contributed by atoms with Gasteiger partial charge in [0, 0.05) is 19.3 Å². The van der Waals surface area contributed by atoms with Gasteiger partial charge < -0.3 is 16.2 Å². The summed E-state index contributed by atoms with van der Waals surface area (Å²) in [5.74, 6) is 0.944. The quantitative estimate of drug-likeness (QED) is 0.545. The van der Waals surface area contributed by atoms with Crippen molar-refractivity contribution in [2.45, 2.75) is 6.42 Å². The number of aliphatic hydroxyl groups excluding tert-OH is 1. The molecule has 12 heavy (non-hydrogen) atoms. The fourth-order valence-electron chi connectivity index (χ4n) is 0.768. The van der Waals surface area contributed by atoms with E-state index in [-0.39, 0.29) is 12.6 Å². The summed E-state index contributed by atoms with van der Waals surface area (Å²) in [6.07, 6.45) is 2.29. The van der Waals surface area contributed by atoms with E-state index in [4.69, 9.17) is 10.8 Å². The normalized spacial score (nSPS) is 9.75. The minimum absolute atomic E-state index is 0.174. The van der Waals surface area contributed by atoms with E-state index in [1.54, 1.807) is 12.3 Å². The van der Waals surface area contributed by atoms with Gasteiger partial charge in [-0.15, -0.1) is 0 Å². The predicted molar refractivity (Wildman–Crippen MR) is 46.6 cm³/mol. The van der Waals surface area contributed by atoms with Crippen molar-refractivity contribution in [3.63, 3.8) is 0 Å². The Labute approximate surface area is 70.6 Å². The van der Waals surface area contributed by atoms with Crippen LogP contribution in [0.25, 0.3) is 0 Å². The first kappa shape index (κ1) is 8.73. The van der Waals surface area contributed by atoms with Crippen molar-refractivity contribution in [2.75, 3.05) is 24.2 Å². The summed E-state index contributed by atoms with van der Waals surface area (Å²) in [4.78, 5) is 7.66. The summed E-state index contributed by atoms with van der Waals surface area (Å²) in [6, 6.07) is 1.73. The van der Waals surface area contributed by atoms with E-state index in [9.17, 15) is 0 Å². The van der Waals surface area contributed by atoms with Gasteiger partial charge in [0.1, 0.15) is 5.82 Å². The molecular weight excluding hydrogens is 156 g/mol. The molecule has 0 fully saturated rings. The van der Waals surface area contributed by atoms with E-state index in [1.165, 1.54) is 0 Å². The van der Waals surface area contributed by atoms with Gasteiger partial charge in [-0.3, -0.25) is 0 Å². The number of aliphatic hydroxyl groups is 1. The van der Waals surface area contributed by atoms with Crippen molar-refractivity contribution in [1.82, 2.24) is 9.97 Å². The largest absolute Gasteiger partial charge is 0.396 e. The summed E-state index contributed by atoms with van der Waals surface area (Å²) < 4.78 is 0. The minimum Gasteiger partial charge on any atom is -0.396 e. The predicted octanol–water partition coefficient (Wildman–Crippen LogP) is -0.147. The number of anilines is 2. The molecule has 4 N–H and O–H groups in total. The molecule has 0 bridgehead atoms. The van der Waals surface area contributed by atoms with Crippen molar-refractivity contribution >= 4 is 11.8 Å². The molecule has 0 atom stereocenters. The van der Waals surface area contributed by atoms with E-state index < -0.39 is 0 Å². The summed E-state index contributed by atoms with van der Waals surface area (Å²) in [5, 5.41) is 11.5. The van der Waals surface area contributed by atoms with Gasteiger partial charge in [0.2, 0.25) is 5.95 Å². The Balaban J connectivity index is 2.41. The molecule has 1 aromatic rings. The van der Waals surface area contributed by atoms with Gasteiger partial charge in [0.05, 0.1) is 0 Å². The highest BCUT2D eigenvalue weighted by molar-refractivity contribution is 5.36. The van der Waals surface area contributed by atoms with Crippen LogP contribution in [0.5, 0.6) is 0 Å². The molecule has 0 aliphatic rings.